The van der Waals surface area contributed by atoms with E-state index in [9.17, 15) is 9.18 Å². The van der Waals surface area contributed by atoms with Crippen molar-refractivity contribution in [1.82, 2.24) is 15.5 Å². The number of ether oxygens (including phenoxy) is 1. The molecule has 1 saturated carbocycles. The first-order valence-corrected chi connectivity index (χ1v) is 11.3. The van der Waals surface area contributed by atoms with Gasteiger partial charge in [-0.25, -0.2) is 9.38 Å². The molecule has 1 amide bonds. The Bertz CT molecular complexity index is 727. The summed E-state index contributed by atoms with van der Waals surface area (Å²) in [6.45, 7) is 6.57. The van der Waals surface area contributed by atoms with Crippen LogP contribution in [0.5, 0.6) is 5.75 Å². The Balaban J connectivity index is 0.00000341. The van der Waals surface area contributed by atoms with Crippen LogP contribution in [0.3, 0.4) is 0 Å². The molecule has 3 rings (SSSR count). The highest BCUT2D eigenvalue weighted by Gasteiger charge is 2.31. The largest absolute Gasteiger partial charge is 0.486 e. The van der Waals surface area contributed by atoms with Crippen molar-refractivity contribution >= 4 is 35.8 Å². The van der Waals surface area contributed by atoms with Crippen LogP contribution in [0.1, 0.15) is 52.4 Å². The Labute approximate surface area is 202 Å². The summed E-state index contributed by atoms with van der Waals surface area (Å²) in [7, 11) is 0. The molecule has 2 N–H and O–H groups in total. The summed E-state index contributed by atoms with van der Waals surface area (Å²) in [5.74, 6) is 1.12. The number of nitrogens with zero attached hydrogens (tertiary/aromatic N) is 2. The molecule has 1 aliphatic heterocycles. The number of aliphatic imine (C=N–C) groups is 1. The van der Waals surface area contributed by atoms with Crippen molar-refractivity contribution < 1.29 is 13.9 Å². The van der Waals surface area contributed by atoms with Gasteiger partial charge in [0, 0.05) is 31.6 Å². The molecule has 1 aromatic carbocycles. The third-order valence-corrected chi connectivity index (χ3v) is 5.81. The summed E-state index contributed by atoms with van der Waals surface area (Å²) in [4.78, 5) is 19.4. The fourth-order valence-corrected chi connectivity index (χ4v) is 4.21. The number of para-hydroxylation sites is 1. The van der Waals surface area contributed by atoms with Crippen molar-refractivity contribution in [3.63, 3.8) is 0 Å². The maximum atomic E-state index is 13.8. The highest BCUT2D eigenvalue weighted by molar-refractivity contribution is 14.0. The van der Waals surface area contributed by atoms with Crippen LogP contribution in [0.4, 0.5) is 4.39 Å². The average Bonchev–Trinajstić information content (AvgIpc) is 3.22. The molecule has 31 heavy (non-hydrogen) atoms. The molecule has 2 unspecified atom stereocenters. The van der Waals surface area contributed by atoms with Gasteiger partial charge in [-0.2, -0.15) is 0 Å². The van der Waals surface area contributed by atoms with Gasteiger partial charge >= 0.3 is 0 Å². The Kier molecular flexibility index (Phi) is 10.8. The van der Waals surface area contributed by atoms with E-state index in [0.29, 0.717) is 18.4 Å². The zero-order valence-corrected chi connectivity index (χ0v) is 20.9. The van der Waals surface area contributed by atoms with E-state index in [-0.39, 0.29) is 53.6 Å². The molecule has 0 spiro atoms. The van der Waals surface area contributed by atoms with Crippen molar-refractivity contribution in [2.45, 2.75) is 64.5 Å². The van der Waals surface area contributed by atoms with Gasteiger partial charge in [-0.3, -0.25) is 4.79 Å². The second-order valence-corrected chi connectivity index (χ2v) is 8.33. The number of halogens is 2. The van der Waals surface area contributed by atoms with Crippen molar-refractivity contribution in [2.24, 2.45) is 10.9 Å². The Morgan fingerprint density at radius 1 is 1.26 bits per heavy atom. The van der Waals surface area contributed by atoms with Crippen molar-refractivity contribution in [3.8, 4) is 5.75 Å². The normalized spacial score (nSPS) is 20.7. The van der Waals surface area contributed by atoms with Gasteiger partial charge in [0.15, 0.2) is 17.5 Å². The van der Waals surface area contributed by atoms with E-state index in [0.717, 1.165) is 38.9 Å². The third kappa shape index (κ3) is 7.80. The van der Waals surface area contributed by atoms with E-state index >= 15 is 0 Å². The second kappa shape index (κ2) is 13.1. The van der Waals surface area contributed by atoms with Crippen LogP contribution in [-0.2, 0) is 4.79 Å². The molecule has 0 radical (unpaired) electrons. The summed E-state index contributed by atoms with van der Waals surface area (Å²) in [6.07, 6.45) is 6.35. The third-order valence-electron chi connectivity index (χ3n) is 5.81. The van der Waals surface area contributed by atoms with Crippen LogP contribution in [-0.4, -0.2) is 55.1 Å². The first-order chi connectivity index (χ1) is 14.6. The van der Waals surface area contributed by atoms with Gasteiger partial charge in [-0.05, 0) is 45.2 Å². The minimum Gasteiger partial charge on any atom is -0.486 e. The van der Waals surface area contributed by atoms with Gasteiger partial charge in [0.2, 0.25) is 5.91 Å². The van der Waals surface area contributed by atoms with Crippen LogP contribution in [0.2, 0.25) is 0 Å². The van der Waals surface area contributed by atoms with E-state index in [1.54, 1.807) is 18.2 Å². The molecular weight excluding hydrogens is 510 g/mol. The maximum Gasteiger partial charge on any atom is 0.225 e. The highest BCUT2D eigenvalue weighted by atomic mass is 127. The lowest BCUT2D eigenvalue weighted by molar-refractivity contribution is -0.135. The SMILES string of the molecule is CCNC(=NCC(C)Oc1ccccc1F)NC1CCN(C(=O)C2CCCCC2)C1.I. The van der Waals surface area contributed by atoms with E-state index < -0.39 is 0 Å². The Hall–Kier alpha value is -1.58. The summed E-state index contributed by atoms with van der Waals surface area (Å²) in [5.41, 5.74) is 0. The number of amides is 1. The van der Waals surface area contributed by atoms with Gasteiger partial charge < -0.3 is 20.3 Å². The Morgan fingerprint density at radius 3 is 2.71 bits per heavy atom. The van der Waals surface area contributed by atoms with E-state index in [4.69, 9.17) is 4.74 Å². The summed E-state index contributed by atoms with van der Waals surface area (Å²) < 4.78 is 19.4. The molecule has 6 nitrogen and oxygen atoms in total. The molecule has 2 fully saturated rings. The second-order valence-electron chi connectivity index (χ2n) is 8.33. The molecule has 2 aliphatic rings. The van der Waals surface area contributed by atoms with Crippen LogP contribution in [0.15, 0.2) is 29.3 Å². The average molecular weight is 546 g/mol. The molecule has 1 saturated heterocycles. The molecular formula is C23H36FIN4O2. The number of rotatable bonds is 7. The molecule has 8 heteroatoms. The number of guanidine groups is 1. The number of benzene rings is 1. The van der Waals surface area contributed by atoms with E-state index in [1.807, 2.05) is 18.7 Å². The summed E-state index contributed by atoms with van der Waals surface area (Å²) in [6, 6.07) is 6.59. The van der Waals surface area contributed by atoms with Gasteiger partial charge in [0.1, 0.15) is 6.10 Å². The maximum absolute atomic E-state index is 13.8. The minimum absolute atomic E-state index is 0. The number of carbonyl (C=O) groups excluding carboxylic acids is 1. The quantitative estimate of drug-likeness (QED) is 0.309. The molecule has 0 aromatic heterocycles. The number of nitrogens with one attached hydrogen (secondary N) is 2. The predicted molar refractivity (Wildman–Crippen MR) is 133 cm³/mol. The van der Waals surface area contributed by atoms with Crippen molar-refractivity contribution in [3.05, 3.63) is 30.1 Å². The standard InChI is InChI=1S/C23H35FN4O2.HI/c1-3-25-23(26-15-17(2)30-21-12-8-7-11-20(21)24)27-19-13-14-28(16-19)22(29)18-9-5-4-6-10-18;/h7-8,11-12,17-19H,3-6,9-10,13-16H2,1-2H3,(H2,25,26,27);1H. The summed E-state index contributed by atoms with van der Waals surface area (Å²) in [5, 5.41) is 6.70. The zero-order chi connectivity index (χ0) is 21.3. The zero-order valence-electron chi connectivity index (χ0n) is 18.6. The lowest BCUT2D eigenvalue weighted by Crippen LogP contribution is -2.46. The number of hydrogen-bond donors (Lipinski definition) is 2. The number of carbonyl (C=O) groups is 1. The molecule has 0 bridgehead atoms. The highest BCUT2D eigenvalue weighted by Crippen LogP contribution is 2.26. The molecule has 1 aromatic rings. The lowest BCUT2D eigenvalue weighted by atomic mass is 9.88. The van der Waals surface area contributed by atoms with E-state index in [2.05, 4.69) is 15.6 Å². The first kappa shape index (κ1) is 25.7. The smallest absolute Gasteiger partial charge is 0.225 e. The van der Waals surface area contributed by atoms with Crippen molar-refractivity contribution in [2.75, 3.05) is 26.2 Å². The van der Waals surface area contributed by atoms with E-state index in [1.165, 1.54) is 25.3 Å². The Morgan fingerprint density at radius 2 is 2.00 bits per heavy atom. The van der Waals surface area contributed by atoms with Crippen LogP contribution in [0, 0.1) is 11.7 Å². The van der Waals surface area contributed by atoms with Gasteiger partial charge in [-0.1, -0.05) is 31.4 Å². The van der Waals surface area contributed by atoms with Crippen LogP contribution < -0.4 is 15.4 Å². The van der Waals surface area contributed by atoms with Gasteiger partial charge in [0.05, 0.1) is 6.54 Å². The first-order valence-electron chi connectivity index (χ1n) is 11.3. The van der Waals surface area contributed by atoms with Gasteiger partial charge in [-0.15, -0.1) is 24.0 Å². The fraction of sp³-hybridized carbons (Fsp3) is 0.652. The number of likely N-dealkylation sites (tertiary alicyclic amines) is 1. The minimum atomic E-state index is -0.368. The van der Waals surface area contributed by atoms with Gasteiger partial charge in [0.25, 0.3) is 0 Å². The molecule has 174 valence electrons. The van der Waals surface area contributed by atoms with Crippen LogP contribution in [0.25, 0.3) is 0 Å². The molecule has 1 heterocycles. The number of hydrogen-bond acceptors (Lipinski definition) is 3. The molecule has 2 atom stereocenters. The summed E-state index contributed by atoms with van der Waals surface area (Å²) >= 11 is 0. The molecule has 1 aliphatic carbocycles. The van der Waals surface area contributed by atoms with Crippen LogP contribution >= 0.6 is 24.0 Å². The lowest BCUT2D eigenvalue weighted by Gasteiger charge is -2.26. The topological polar surface area (TPSA) is 66.0 Å². The predicted octanol–water partition coefficient (Wildman–Crippen LogP) is 3.95. The van der Waals surface area contributed by atoms with Crippen molar-refractivity contribution in [1.29, 1.82) is 0 Å². The fourth-order valence-electron chi connectivity index (χ4n) is 4.21. The monoisotopic (exact) mass is 546 g/mol.